The number of ether oxygens (including phenoxy) is 1. The molecule has 5 rings (SSSR count). The molecule has 1 saturated heterocycles. The second-order valence-electron chi connectivity index (χ2n) is 11.4. The Labute approximate surface area is 255 Å². The third-order valence-electron chi connectivity index (χ3n) is 7.60. The third kappa shape index (κ3) is 5.92. The number of halogens is 2. The number of aromatic nitrogens is 3. The molecule has 0 aliphatic carbocycles. The number of piperidine rings is 1. The molecule has 222 valence electrons. The SMILES string of the molecule is CCOC1(C(N)=O)CCN(c2cc(N(C)CC(C)(C)O)nc3c(-c4ccc(Cl)cc4)c(-c4ccccc4Cl)nn23)CC1. The Balaban J connectivity index is 1.74. The van der Waals surface area contributed by atoms with Gasteiger partial charge in [0, 0.05) is 62.8 Å². The molecule has 0 spiro atoms. The molecule has 0 atom stereocenters. The summed E-state index contributed by atoms with van der Waals surface area (Å²) in [4.78, 5) is 21.6. The van der Waals surface area contributed by atoms with Gasteiger partial charge in [0.1, 0.15) is 22.9 Å². The first kappa shape index (κ1) is 30.1. The predicted molar refractivity (Wildman–Crippen MR) is 168 cm³/mol. The summed E-state index contributed by atoms with van der Waals surface area (Å²) in [5, 5.41) is 16.9. The van der Waals surface area contributed by atoms with Gasteiger partial charge in [-0.3, -0.25) is 4.79 Å². The zero-order valence-electron chi connectivity index (χ0n) is 24.3. The van der Waals surface area contributed by atoms with Crippen molar-refractivity contribution in [3.8, 4) is 22.4 Å². The second kappa shape index (κ2) is 11.7. The van der Waals surface area contributed by atoms with Gasteiger partial charge in [0.15, 0.2) is 5.65 Å². The van der Waals surface area contributed by atoms with Gasteiger partial charge in [0.05, 0.1) is 16.2 Å². The van der Waals surface area contributed by atoms with Crippen molar-refractivity contribution >= 4 is 46.4 Å². The maximum Gasteiger partial charge on any atom is 0.249 e. The van der Waals surface area contributed by atoms with Crippen molar-refractivity contribution in [1.82, 2.24) is 14.6 Å². The summed E-state index contributed by atoms with van der Waals surface area (Å²) in [5.41, 5.74) is 7.61. The van der Waals surface area contributed by atoms with Crippen molar-refractivity contribution in [1.29, 1.82) is 0 Å². The summed E-state index contributed by atoms with van der Waals surface area (Å²) >= 11 is 13.0. The third-order valence-corrected chi connectivity index (χ3v) is 8.18. The molecule has 3 heterocycles. The number of fused-ring (bicyclic) bond motifs is 1. The summed E-state index contributed by atoms with van der Waals surface area (Å²) in [6, 6.07) is 17.1. The van der Waals surface area contributed by atoms with E-state index >= 15 is 0 Å². The number of carbonyl (C=O) groups is 1. The van der Waals surface area contributed by atoms with Gasteiger partial charge in [-0.1, -0.05) is 53.5 Å². The summed E-state index contributed by atoms with van der Waals surface area (Å²) in [6.45, 7) is 7.19. The highest BCUT2D eigenvalue weighted by Crippen LogP contribution is 2.41. The van der Waals surface area contributed by atoms with Crippen LogP contribution in [-0.2, 0) is 9.53 Å². The average Bonchev–Trinajstić information content (AvgIpc) is 3.32. The van der Waals surface area contributed by atoms with E-state index in [4.69, 9.17) is 43.8 Å². The lowest BCUT2D eigenvalue weighted by Gasteiger charge is -2.40. The van der Waals surface area contributed by atoms with Gasteiger partial charge in [-0.25, -0.2) is 4.98 Å². The zero-order valence-corrected chi connectivity index (χ0v) is 25.8. The van der Waals surface area contributed by atoms with Crippen molar-refractivity contribution in [2.75, 3.05) is 43.1 Å². The van der Waals surface area contributed by atoms with Crippen LogP contribution < -0.4 is 15.5 Å². The topological polar surface area (TPSA) is 109 Å². The first-order chi connectivity index (χ1) is 19.9. The number of hydrogen-bond donors (Lipinski definition) is 2. The lowest BCUT2D eigenvalue weighted by molar-refractivity contribution is -0.146. The van der Waals surface area contributed by atoms with Crippen LogP contribution in [0, 0.1) is 0 Å². The van der Waals surface area contributed by atoms with E-state index in [0.717, 1.165) is 22.5 Å². The first-order valence-electron chi connectivity index (χ1n) is 14.0. The lowest BCUT2D eigenvalue weighted by Crippen LogP contribution is -2.54. The maximum absolute atomic E-state index is 12.4. The molecular weight excluding hydrogens is 575 g/mol. The van der Waals surface area contributed by atoms with E-state index < -0.39 is 17.1 Å². The molecule has 1 aliphatic heterocycles. The number of primary amides is 1. The van der Waals surface area contributed by atoms with Crippen LogP contribution in [0.4, 0.5) is 11.6 Å². The van der Waals surface area contributed by atoms with E-state index in [-0.39, 0.29) is 0 Å². The lowest BCUT2D eigenvalue weighted by atomic mass is 9.90. The Morgan fingerprint density at radius 3 is 2.40 bits per heavy atom. The summed E-state index contributed by atoms with van der Waals surface area (Å²) in [7, 11) is 1.90. The standard InChI is InChI=1S/C31H36Cl2N6O3/c1-5-42-31(29(34)40)14-16-38(17-15-31)25-18-24(37(4)19-30(2,3)41)35-28-26(20-10-12-21(32)13-11-20)27(36-39(25)28)22-8-6-7-9-23(22)33/h6-13,18,41H,5,14-17,19H2,1-4H3,(H2,34,40). The number of nitrogens with zero attached hydrogens (tertiary/aromatic N) is 5. The first-order valence-corrected chi connectivity index (χ1v) is 14.7. The highest BCUT2D eigenvalue weighted by atomic mass is 35.5. The Bertz CT molecular complexity index is 1590. The monoisotopic (exact) mass is 610 g/mol. The van der Waals surface area contributed by atoms with Gasteiger partial charge in [-0.05, 0) is 44.5 Å². The molecule has 0 saturated carbocycles. The number of likely N-dealkylation sites (N-methyl/N-ethyl adjacent to an activating group) is 1. The molecule has 0 unspecified atom stereocenters. The molecule has 0 bridgehead atoms. The van der Waals surface area contributed by atoms with Gasteiger partial charge in [-0.2, -0.15) is 9.61 Å². The van der Waals surface area contributed by atoms with Gasteiger partial charge in [0.2, 0.25) is 5.91 Å². The zero-order chi connectivity index (χ0) is 30.2. The average molecular weight is 612 g/mol. The number of hydrogen-bond acceptors (Lipinski definition) is 7. The quantitative estimate of drug-likeness (QED) is 0.260. The summed E-state index contributed by atoms with van der Waals surface area (Å²) in [6.07, 6.45) is 0.884. The molecule has 1 fully saturated rings. The summed E-state index contributed by atoms with van der Waals surface area (Å²) < 4.78 is 7.72. The van der Waals surface area contributed by atoms with Gasteiger partial charge < -0.3 is 25.4 Å². The van der Waals surface area contributed by atoms with Crippen molar-refractivity contribution in [3.63, 3.8) is 0 Å². The van der Waals surface area contributed by atoms with Crippen molar-refractivity contribution < 1.29 is 14.6 Å². The Morgan fingerprint density at radius 2 is 1.81 bits per heavy atom. The minimum absolute atomic E-state index is 0.354. The second-order valence-corrected chi connectivity index (χ2v) is 12.2. The van der Waals surface area contributed by atoms with Gasteiger partial charge in [-0.15, -0.1) is 0 Å². The molecule has 0 radical (unpaired) electrons. The largest absolute Gasteiger partial charge is 0.389 e. The Morgan fingerprint density at radius 1 is 1.14 bits per heavy atom. The fraction of sp³-hybridized carbons (Fsp3) is 0.387. The molecule has 3 N–H and O–H groups in total. The number of carbonyl (C=O) groups excluding carboxylic acids is 1. The van der Waals surface area contributed by atoms with Crippen molar-refractivity contribution in [2.45, 2.75) is 44.8 Å². The molecule has 2 aromatic heterocycles. The van der Waals surface area contributed by atoms with Gasteiger partial charge >= 0.3 is 0 Å². The van der Waals surface area contributed by atoms with Crippen LogP contribution in [0.2, 0.25) is 10.0 Å². The highest BCUT2D eigenvalue weighted by molar-refractivity contribution is 6.33. The predicted octanol–water partition coefficient (Wildman–Crippen LogP) is 5.44. The number of anilines is 2. The van der Waals surface area contributed by atoms with E-state index in [1.165, 1.54) is 0 Å². The van der Waals surface area contributed by atoms with E-state index in [1.54, 1.807) is 13.8 Å². The number of aliphatic hydroxyl groups is 1. The Hall–Kier alpha value is -3.37. The maximum atomic E-state index is 12.4. The van der Waals surface area contributed by atoms with Crippen LogP contribution in [0.3, 0.4) is 0 Å². The van der Waals surface area contributed by atoms with Gasteiger partial charge in [0.25, 0.3) is 0 Å². The van der Waals surface area contributed by atoms with Crippen LogP contribution in [-0.4, -0.2) is 70.1 Å². The number of amides is 1. The molecule has 2 aromatic carbocycles. The molecule has 1 aliphatic rings. The number of benzene rings is 2. The molecule has 4 aromatic rings. The summed E-state index contributed by atoms with van der Waals surface area (Å²) in [5.74, 6) is 1.01. The molecule has 11 heteroatoms. The smallest absolute Gasteiger partial charge is 0.249 e. The van der Waals surface area contributed by atoms with E-state index in [0.29, 0.717) is 66.3 Å². The normalized spacial score (nSPS) is 15.3. The van der Waals surface area contributed by atoms with Crippen molar-refractivity contribution in [2.24, 2.45) is 5.73 Å². The van der Waals surface area contributed by atoms with Crippen LogP contribution >= 0.6 is 23.2 Å². The Kier molecular flexibility index (Phi) is 8.40. The van der Waals surface area contributed by atoms with Crippen LogP contribution in [0.5, 0.6) is 0 Å². The van der Waals surface area contributed by atoms with E-state index in [1.807, 2.05) is 78.0 Å². The van der Waals surface area contributed by atoms with Crippen LogP contribution in [0.25, 0.3) is 28.0 Å². The van der Waals surface area contributed by atoms with Crippen LogP contribution in [0.15, 0.2) is 54.6 Å². The molecule has 1 amide bonds. The van der Waals surface area contributed by atoms with Crippen LogP contribution in [0.1, 0.15) is 33.6 Å². The molecule has 42 heavy (non-hydrogen) atoms. The fourth-order valence-electron chi connectivity index (χ4n) is 5.63. The number of nitrogens with two attached hydrogens (primary N) is 1. The number of rotatable bonds is 9. The van der Waals surface area contributed by atoms with E-state index in [9.17, 15) is 9.90 Å². The highest BCUT2D eigenvalue weighted by Gasteiger charge is 2.41. The van der Waals surface area contributed by atoms with E-state index in [2.05, 4.69) is 4.90 Å². The van der Waals surface area contributed by atoms with Crippen molar-refractivity contribution in [3.05, 3.63) is 64.6 Å². The molecule has 9 nitrogen and oxygen atoms in total. The fourth-order valence-corrected chi connectivity index (χ4v) is 5.98. The molecular formula is C31H36Cl2N6O3. The minimum atomic E-state index is -1.00. The minimum Gasteiger partial charge on any atom is -0.389 e.